The number of thiazole rings is 1. The van der Waals surface area contributed by atoms with E-state index in [1.54, 1.807) is 0 Å². The van der Waals surface area contributed by atoms with Gasteiger partial charge in [-0.3, -0.25) is 29.3 Å². The molecule has 4 aliphatic heterocycles. The molecule has 4 atom stereocenters. The number of rotatable bonds is 7. The first-order valence-electron chi connectivity index (χ1n) is 21.8. The molecule has 3 N–H and O–H groups in total. The summed E-state index contributed by atoms with van der Waals surface area (Å²) in [5, 5.41) is 12.2. The predicted octanol–water partition coefficient (Wildman–Crippen LogP) is 6.33. The minimum Gasteiger partial charge on any atom is -0.464 e. The SMILES string of the molecule is CCn1c(-c2cccnc2C(C)C)c2c3cc(ccc31)-c1csc(n1)C[C@H](NC(=O)[C@H](C(C)C)N1CC[C@]3(CCNC3)C1)C(=O)N1CCC[C@H](N1)C(=O)OCC(C)(C)C2. The molecule has 3 fully saturated rings. The molecule has 0 unspecified atom stereocenters. The number of cyclic esters (lactones) is 1. The molecule has 0 aliphatic carbocycles. The van der Waals surface area contributed by atoms with Crippen LogP contribution in [0.1, 0.15) is 96.3 Å². The van der Waals surface area contributed by atoms with E-state index in [9.17, 15) is 14.4 Å². The van der Waals surface area contributed by atoms with Crippen molar-refractivity contribution in [3.8, 4) is 22.5 Å². The highest BCUT2D eigenvalue weighted by atomic mass is 32.1. The Morgan fingerprint density at radius 1 is 1.12 bits per heavy atom. The van der Waals surface area contributed by atoms with Crippen LogP contribution in [0.2, 0.25) is 0 Å². The molecule has 59 heavy (non-hydrogen) atoms. The van der Waals surface area contributed by atoms with Gasteiger partial charge in [0.1, 0.15) is 12.1 Å². The number of nitrogens with zero attached hydrogens (tertiary/aromatic N) is 5. The van der Waals surface area contributed by atoms with Gasteiger partial charge in [-0.2, -0.15) is 0 Å². The quantitative estimate of drug-likeness (QED) is 0.183. The van der Waals surface area contributed by atoms with E-state index in [2.05, 4.69) is 104 Å². The summed E-state index contributed by atoms with van der Waals surface area (Å²) in [7, 11) is 0. The predicted molar refractivity (Wildman–Crippen MR) is 233 cm³/mol. The second-order valence-electron chi connectivity index (χ2n) is 18.9. The number of benzene rings is 1. The van der Waals surface area contributed by atoms with Gasteiger partial charge in [0.2, 0.25) is 5.91 Å². The number of aromatic nitrogens is 3. The smallest absolute Gasteiger partial charge is 0.324 e. The van der Waals surface area contributed by atoms with Gasteiger partial charge in [0.25, 0.3) is 5.91 Å². The van der Waals surface area contributed by atoms with Crippen LogP contribution in [0.5, 0.6) is 0 Å². The number of amides is 2. The molecule has 6 bridgehead atoms. The Hall–Kier alpha value is -4.17. The number of carbonyl (C=O) groups is 3. The van der Waals surface area contributed by atoms with E-state index in [1.165, 1.54) is 21.9 Å². The summed E-state index contributed by atoms with van der Waals surface area (Å²) < 4.78 is 8.53. The van der Waals surface area contributed by atoms with Crippen LogP contribution in [-0.2, 0) is 38.5 Å². The van der Waals surface area contributed by atoms with Gasteiger partial charge in [0.15, 0.2) is 0 Å². The Bertz CT molecular complexity index is 2200. The Labute approximate surface area is 352 Å². The molecule has 12 nitrogen and oxygen atoms in total. The molecule has 7 heterocycles. The first-order chi connectivity index (χ1) is 28.3. The van der Waals surface area contributed by atoms with Crippen molar-refractivity contribution in [2.45, 2.75) is 118 Å². The lowest BCUT2D eigenvalue weighted by atomic mass is 9.84. The molecule has 4 aliphatic rings. The number of ether oxygens (including phenoxy) is 1. The molecule has 1 aromatic carbocycles. The molecule has 2 amide bonds. The topological polar surface area (TPSA) is 134 Å². The minimum atomic E-state index is -0.877. The summed E-state index contributed by atoms with van der Waals surface area (Å²) in [6, 6.07) is 8.85. The maximum Gasteiger partial charge on any atom is 0.324 e. The lowest BCUT2D eigenvalue weighted by Crippen LogP contribution is -2.62. The summed E-state index contributed by atoms with van der Waals surface area (Å²) in [5.41, 5.74) is 10.5. The van der Waals surface area contributed by atoms with E-state index in [-0.39, 0.29) is 54.1 Å². The van der Waals surface area contributed by atoms with Gasteiger partial charge in [-0.15, -0.1) is 11.3 Å². The molecule has 4 aromatic rings. The monoisotopic (exact) mass is 822 g/mol. The first-order valence-corrected chi connectivity index (χ1v) is 22.7. The van der Waals surface area contributed by atoms with Gasteiger partial charge >= 0.3 is 5.97 Å². The van der Waals surface area contributed by atoms with E-state index >= 15 is 0 Å². The molecule has 3 saturated heterocycles. The van der Waals surface area contributed by atoms with Gasteiger partial charge in [-0.1, -0.05) is 47.6 Å². The molecule has 3 aromatic heterocycles. The van der Waals surface area contributed by atoms with Gasteiger partial charge < -0.3 is 19.9 Å². The number of likely N-dealkylation sites (tertiary alicyclic amines) is 1. The normalized spacial score (nSPS) is 24.6. The average Bonchev–Trinajstić information content (AvgIpc) is 4.03. The maximum absolute atomic E-state index is 14.6. The van der Waals surface area contributed by atoms with Crippen LogP contribution in [0.15, 0.2) is 41.9 Å². The lowest BCUT2D eigenvalue weighted by Gasteiger charge is -2.36. The second kappa shape index (κ2) is 16.7. The summed E-state index contributed by atoms with van der Waals surface area (Å²) >= 11 is 1.51. The number of hydrogen-bond acceptors (Lipinski definition) is 10. The van der Waals surface area contributed by atoms with E-state index in [0.717, 1.165) is 89.7 Å². The van der Waals surface area contributed by atoms with Crippen molar-refractivity contribution in [2.24, 2.45) is 16.7 Å². The fourth-order valence-electron chi connectivity index (χ4n) is 10.1. The van der Waals surface area contributed by atoms with Crippen molar-refractivity contribution in [2.75, 3.05) is 39.3 Å². The van der Waals surface area contributed by atoms with Crippen molar-refractivity contribution < 1.29 is 19.1 Å². The Kier molecular flexibility index (Phi) is 11.8. The molecule has 13 heteroatoms. The fourth-order valence-corrected chi connectivity index (χ4v) is 10.9. The lowest BCUT2D eigenvalue weighted by molar-refractivity contribution is -0.155. The van der Waals surface area contributed by atoms with Crippen LogP contribution in [0.3, 0.4) is 0 Å². The fraction of sp³-hybridized carbons (Fsp3) is 0.587. The van der Waals surface area contributed by atoms with Crippen LogP contribution >= 0.6 is 11.3 Å². The highest BCUT2D eigenvalue weighted by Crippen LogP contribution is 2.42. The van der Waals surface area contributed by atoms with E-state index in [0.29, 0.717) is 25.8 Å². The molecular weight excluding hydrogens is 761 g/mol. The van der Waals surface area contributed by atoms with Crippen LogP contribution in [0, 0.1) is 16.7 Å². The number of esters is 1. The highest BCUT2D eigenvalue weighted by molar-refractivity contribution is 7.10. The molecule has 316 valence electrons. The maximum atomic E-state index is 14.6. The largest absolute Gasteiger partial charge is 0.464 e. The zero-order valence-corrected chi connectivity index (χ0v) is 36.7. The number of hydrazine groups is 1. The number of carbonyl (C=O) groups excluding carboxylic acids is 3. The summed E-state index contributed by atoms with van der Waals surface area (Å²) in [6.07, 6.45) is 6.13. The van der Waals surface area contributed by atoms with E-state index in [4.69, 9.17) is 14.7 Å². The van der Waals surface area contributed by atoms with Crippen molar-refractivity contribution in [3.63, 3.8) is 0 Å². The summed E-state index contributed by atoms with van der Waals surface area (Å²) in [6.45, 7) is 20.1. The number of hydrogen-bond donors (Lipinski definition) is 3. The standard InChI is InChI=1S/C46H62N8O4S/c1-8-53-37-14-13-30-21-32(37)33(41(53)31-11-9-17-48-39(31)28(2)3)23-45(6,7)27-58-44(57)34-12-10-19-54(51-34)43(56)35(22-38-49-36(30)24-59-38)50-42(55)40(29(4)5)52-20-16-46(26-52)15-18-47-25-46/h9,11,13-14,17,21,24,28-29,34-35,40,47,51H,8,10,12,15-16,18-20,22-23,25-27H2,1-7H3,(H,50,55)/t34-,35-,40-,46-/m0/s1. The number of nitrogens with one attached hydrogen (secondary N) is 3. The third-order valence-corrected chi connectivity index (χ3v) is 13.9. The van der Waals surface area contributed by atoms with Gasteiger partial charge in [-0.05, 0) is 99.2 Å². The minimum absolute atomic E-state index is 0.0508. The van der Waals surface area contributed by atoms with Crippen LogP contribution < -0.4 is 16.1 Å². The number of fused-ring (bicyclic) bond motifs is 6. The van der Waals surface area contributed by atoms with Crippen LogP contribution in [0.25, 0.3) is 33.4 Å². The third-order valence-electron chi connectivity index (χ3n) is 13.1. The molecule has 1 spiro atoms. The summed E-state index contributed by atoms with van der Waals surface area (Å²) in [5.74, 6) is -0.516. The van der Waals surface area contributed by atoms with Crippen LogP contribution in [-0.4, -0.2) is 99.7 Å². The highest BCUT2D eigenvalue weighted by Gasteiger charge is 2.45. The van der Waals surface area contributed by atoms with Crippen molar-refractivity contribution >= 4 is 40.0 Å². The second-order valence-corrected chi connectivity index (χ2v) is 19.8. The van der Waals surface area contributed by atoms with Gasteiger partial charge in [0.05, 0.1) is 34.7 Å². The van der Waals surface area contributed by atoms with Crippen molar-refractivity contribution in [1.29, 1.82) is 0 Å². The molecule has 0 radical (unpaired) electrons. The Balaban J connectivity index is 1.19. The summed E-state index contributed by atoms with van der Waals surface area (Å²) in [4.78, 5) is 55.2. The van der Waals surface area contributed by atoms with E-state index < -0.39 is 17.5 Å². The Morgan fingerprint density at radius 2 is 1.95 bits per heavy atom. The zero-order chi connectivity index (χ0) is 41.6. The average molecular weight is 823 g/mol. The van der Waals surface area contributed by atoms with Gasteiger partial charge in [-0.25, -0.2) is 10.4 Å². The molecule has 0 saturated carbocycles. The van der Waals surface area contributed by atoms with Crippen LogP contribution in [0.4, 0.5) is 0 Å². The van der Waals surface area contributed by atoms with Crippen molar-refractivity contribution in [1.82, 2.24) is 40.5 Å². The number of pyridine rings is 1. The molecular formula is C46H62N8O4S. The van der Waals surface area contributed by atoms with E-state index in [1.807, 2.05) is 12.3 Å². The van der Waals surface area contributed by atoms with Gasteiger partial charge in [0, 0.05) is 71.6 Å². The zero-order valence-electron chi connectivity index (χ0n) is 35.9. The van der Waals surface area contributed by atoms with Crippen molar-refractivity contribution in [3.05, 3.63) is 58.2 Å². The number of aryl methyl sites for hydroxylation is 1. The third kappa shape index (κ3) is 8.32. The first kappa shape index (κ1) is 41.6. The Morgan fingerprint density at radius 3 is 2.69 bits per heavy atom. The molecule has 8 rings (SSSR count).